The van der Waals surface area contributed by atoms with Crippen molar-refractivity contribution in [1.29, 1.82) is 0 Å². The maximum atomic E-state index is 12.1. The van der Waals surface area contributed by atoms with E-state index in [1.807, 2.05) is 0 Å². The Morgan fingerprint density at radius 1 is 1.50 bits per heavy atom. The van der Waals surface area contributed by atoms with Crippen LogP contribution in [0.15, 0.2) is 24.3 Å². The molecule has 1 heterocycles. The third-order valence-corrected chi connectivity index (χ3v) is 2.80. The van der Waals surface area contributed by atoms with Crippen LogP contribution in [-0.4, -0.2) is 55.4 Å². The van der Waals surface area contributed by atoms with Gasteiger partial charge in [-0.2, -0.15) is 0 Å². The van der Waals surface area contributed by atoms with Crippen molar-refractivity contribution in [2.45, 2.75) is 6.10 Å². The molecule has 18 heavy (non-hydrogen) atoms. The van der Waals surface area contributed by atoms with Gasteiger partial charge in [-0.3, -0.25) is 4.79 Å². The molecule has 1 fully saturated rings. The molecule has 1 aliphatic rings. The van der Waals surface area contributed by atoms with E-state index in [-0.39, 0.29) is 17.8 Å². The molecule has 0 aliphatic carbocycles. The molecule has 1 N–H and O–H groups in total. The summed E-state index contributed by atoms with van der Waals surface area (Å²) in [5, 5.41) is 9.35. The van der Waals surface area contributed by atoms with Crippen molar-refractivity contribution >= 4 is 5.91 Å². The van der Waals surface area contributed by atoms with Crippen molar-refractivity contribution < 1.29 is 19.4 Å². The van der Waals surface area contributed by atoms with Crippen LogP contribution in [0, 0.1) is 0 Å². The van der Waals surface area contributed by atoms with Crippen molar-refractivity contribution in [3.05, 3.63) is 29.8 Å². The largest absolute Gasteiger partial charge is 0.508 e. The maximum absolute atomic E-state index is 12.1. The van der Waals surface area contributed by atoms with Crippen LogP contribution < -0.4 is 0 Å². The lowest BCUT2D eigenvalue weighted by Gasteiger charge is -2.27. The van der Waals surface area contributed by atoms with Crippen molar-refractivity contribution in [3.8, 4) is 5.75 Å². The van der Waals surface area contributed by atoms with Crippen LogP contribution in [0.25, 0.3) is 0 Å². The minimum Gasteiger partial charge on any atom is -0.508 e. The molecule has 1 amide bonds. The molecule has 1 unspecified atom stereocenters. The van der Waals surface area contributed by atoms with Crippen LogP contribution in [0.4, 0.5) is 0 Å². The van der Waals surface area contributed by atoms with Crippen molar-refractivity contribution in [3.63, 3.8) is 0 Å². The number of nitrogens with zero attached hydrogens (tertiary/aromatic N) is 1. The summed E-state index contributed by atoms with van der Waals surface area (Å²) in [5.74, 6) is -0.0495. The summed E-state index contributed by atoms with van der Waals surface area (Å²) in [7, 11) is 1.71. The predicted octanol–water partition coefficient (Wildman–Crippen LogP) is 0.880. The van der Waals surface area contributed by atoms with Gasteiger partial charge in [0.2, 0.25) is 0 Å². The molecule has 1 saturated heterocycles. The van der Waals surface area contributed by atoms with Gasteiger partial charge < -0.3 is 19.5 Å². The Bertz CT molecular complexity index is 415. The van der Waals surface area contributed by atoms with Gasteiger partial charge in [-0.05, 0) is 18.2 Å². The maximum Gasteiger partial charge on any atom is 0.253 e. The minimum absolute atomic E-state index is 0.0787. The Morgan fingerprint density at radius 3 is 3.00 bits per heavy atom. The second-order valence-corrected chi connectivity index (χ2v) is 4.30. The highest BCUT2D eigenvalue weighted by Crippen LogP contribution is 2.13. The Balaban J connectivity index is 1.95. The number of aromatic hydroxyl groups is 1. The highest BCUT2D eigenvalue weighted by Gasteiger charge is 2.20. The van der Waals surface area contributed by atoms with E-state index in [1.165, 1.54) is 12.1 Å². The standard InChI is InChI=1S/C13H17NO4/c1-14(8-12-9-17-5-6-18-12)13(16)10-3-2-4-11(15)7-10/h2-4,7,12,15H,5-6,8-9H2,1H3. The van der Waals surface area contributed by atoms with Crippen LogP contribution in [0.5, 0.6) is 5.75 Å². The summed E-state index contributed by atoms with van der Waals surface area (Å²) in [6, 6.07) is 6.32. The van der Waals surface area contributed by atoms with Gasteiger partial charge in [-0.25, -0.2) is 0 Å². The topological polar surface area (TPSA) is 59.0 Å². The smallest absolute Gasteiger partial charge is 0.253 e. The number of likely N-dealkylation sites (N-methyl/N-ethyl adjacent to an activating group) is 1. The predicted molar refractivity (Wildman–Crippen MR) is 65.6 cm³/mol. The van der Waals surface area contributed by atoms with Crippen LogP contribution in [0.2, 0.25) is 0 Å². The number of amides is 1. The van der Waals surface area contributed by atoms with Gasteiger partial charge in [0.1, 0.15) is 5.75 Å². The second kappa shape index (κ2) is 5.84. The van der Waals surface area contributed by atoms with E-state index in [0.717, 1.165) is 0 Å². The van der Waals surface area contributed by atoms with E-state index < -0.39 is 0 Å². The molecular weight excluding hydrogens is 234 g/mol. The Labute approximate surface area is 106 Å². The number of ether oxygens (including phenoxy) is 2. The Hall–Kier alpha value is -1.59. The summed E-state index contributed by atoms with van der Waals surface area (Å²) in [6.45, 7) is 2.17. The van der Waals surface area contributed by atoms with Gasteiger partial charge in [0, 0.05) is 19.2 Å². The average molecular weight is 251 g/mol. The monoisotopic (exact) mass is 251 g/mol. The fraction of sp³-hybridized carbons (Fsp3) is 0.462. The lowest BCUT2D eigenvalue weighted by molar-refractivity contribution is -0.0933. The molecule has 2 rings (SSSR count). The van der Waals surface area contributed by atoms with E-state index >= 15 is 0 Å². The number of phenols is 1. The van der Waals surface area contributed by atoms with E-state index in [0.29, 0.717) is 31.9 Å². The SMILES string of the molecule is CN(CC1COCCO1)C(=O)c1cccc(O)c1. The van der Waals surface area contributed by atoms with Crippen LogP contribution in [-0.2, 0) is 9.47 Å². The van der Waals surface area contributed by atoms with E-state index in [1.54, 1.807) is 24.1 Å². The van der Waals surface area contributed by atoms with Gasteiger partial charge >= 0.3 is 0 Å². The fourth-order valence-electron chi connectivity index (χ4n) is 1.89. The van der Waals surface area contributed by atoms with Crippen molar-refractivity contribution in [2.24, 2.45) is 0 Å². The molecule has 0 saturated carbocycles. The van der Waals surface area contributed by atoms with Crippen LogP contribution in [0.1, 0.15) is 10.4 Å². The highest BCUT2D eigenvalue weighted by atomic mass is 16.6. The molecule has 0 aromatic heterocycles. The molecule has 0 radical (unpaired) electrons. The zero-order valence-electron chi connectivity index (χ0n) is 10.3. The summed E-state index contributed by atoms with van der Waals surface area (Å²) < 4.78 is 10.8. The molecule has 0 bridgehead atoms. The zero-order valence-corrected chi connectivity index (χ0v) is 10.3. The van der Waals surface area contributed by atoms with E-state index in [9.17, 15) is 9.90 Å². The molecule has 1 atom stereocenters. The van der Waals surface area contributed by atoms with Gasteiger partial charge in [0.25, 0.3) is 5.91 Å². The first-order valence-corrected chi connectivity index (χ1v) is 5.90. The zero-order chi connectivity index (χ0) is 13.0. The molecule has 5 nitrogen and oxygen atoms in total. The Morgan fingerprint density at radius 2 is 2.33 bits per heavy atom. The molecule has 1 aromatic rings. The van der Waals surface area contributed by atoms with Crippen LogP contribution >= 0.6 is 0 Å². The van der Waals surface area contributed by atoms with Gasteiger partial charge in [0.15, 0.2) is 0 Å². The summed E-state index contributed by atoms with van der Waals surface area (Å²) in [6.07, 6.45) is -0.0787. The highest BCUT2D eigenvalue weighted by molar-refractivity contribution is 5.94. The molecule has 5 heteroatoms. The fourth-order valence-corrected chi connectivity index (χ4v) is 1.89. The molecule has 0 spiro atoms. The van der Waals surface area contributed by atoms with E-state index in [4.69, 9.17) is 9.47 Å². The number of carbonyl (C=O) groups excluding carboxylic acids is 1. The summed E-state index contributed by atoms with van der Waals surface area (Å²) >= 11 is 0. The lowest BCUT2D eigenvalue weighted by Crippen LogP contribution is -2.40. The van der Waals surface area contributed by atoms with Crippen LogP contribution in [0.3, 0.4) is 0 Å². The number of hydrogen-bond donors (Lipinski definition) is 1. The summed E-state index contributed by atoms with van der Waals surface area (Å²) in [4.78, 5) is 13.7. The van der Waals surface area contributed by atoms with Crippen molar-refractivity contribution in [2.75, 3.05) is 33.4 Å². The van der Waals surface area contributed by atoms with Gasteiger partial charge in [-0.1, -0.05) is 6.07 Å². The molecule has 1 aliphatic heterocycles. The molecule has 98 valence electrons. The lowest BCUT2D eigenvalue weighted by atomic mass is 10.2. The third kappa shape index (κ3) is 3.21. The number of hydrogen-bond acceptors (Lipinski definition) is 4. The van der Waals surface area contributed by atoms with E-state index in [2.05, 4.69) is 0 Å². The number of benzene rings is 1. The normalized spacial score (nSPS) is 19.5. The first kappa shape index (κ1) is 12.9. The first-order chi connectivity index (χ1) is 8.66. The van der Waals surface area contributed by atoms with Gasteiger partial charge in [0.05, 0.1) is 25.9 Å². The first-order valence-electron chi connectivity index (χ1n) is 5.90. The quantitative estimate of drug-likeness (QED) is 0.866. The van der Waals surface area contributed by atoms with Crippen molar-refractivity contribution in [1.82, 2.24) is 4.90 Å². The third-order valence-electron chi connectivity index (χ3n) is 2.80. The average Bonchev–Trinajstić information content (AvgIpc) is 2.39. The number of phenolic OH excluding ortho intramolecular Hbond substituents is 1. The second-order valence-electron chi connectivity index (χ2n) is 4.30. The Kier molecular flexibility index (Phi) is 4.17. The minimum atomic E-state index is -0.139. The summed E-state index contributed by atoms with van der Waals surface area (Å²) in [5.41, 5.74) is 0.467. The number of carbonyl (C=O) groups is 1. The number of rotatable bonds is 3. The van der Waals surface area contributed by atoms with Gasteiger partial charge in [-0.15, -0.1) is 0 Å². The molecule has 1 aromatic carbocycles. The molecular formula is C13H17NO4.